The van der Waals surface area contributed by atoms with Crippen LogP contribution in [0.25, 0.3) is 11.5 Å². The van der Waals surface area contributed by atoms with Crippen LogP contribution in [0.4, 0.5) is 0 Å². The summed E-state index contributed by atoms with van der Waals surface area (Å²) in [6, 6.07) is 15.9. The molecule has 3 nitrogen and oxygen atoms in total. The van der Waals surface area contributed by atoms with Crippen LogP contribution in [0.2, 0.25) is 0 Å². The first kappa shape index (κ1) is 23.9. The van der Waals surface area contributed by atoms with E-state index in [9.17, 15) is 5.11 Å². The fourth-order valence-corrected chi connectivity index (χ4v) is 2.83. The summed E-state index contributed by atoms with van der Waals surface area (Å²) in [4.78, 5) is 2.14. The first-order valence-electron chi connectivity index (χ1n) is 9.21. The van der Waals surface area contributed by atoms with E-state index in [1.807, 2.05) is 12.1 Å². The summed E-state index contributed by atoms with van der Waals surface area (Å²) in [5.41, 5.74) is 3.90. The Morgan fingerprint density at radius 3 is 2.25 bits per heavy atom. The number of benzene rings is 1. The molecule has 150 valence electrons. The van der Waals surface area contributed by atoms with Crippen LogP contribution < -0.4 is 15.5 Å². The van der Waals surface area contributed by atoms with Crippen LogP contribution in [0.15, 0.2) is 72.3 Å². The molecule has 2 aromatic carbocycles. The molecule has 0 amide bonds. The maximum Gasteiger partial charge on any atom is 2.00 e. The van der Waals surface area contributed by atoms with Crippen LogP contribution >= 0.6 is 0 Å². The van der Waals surface area contributed by atoms with Gasteiger partial charge in [0.1, 0.15) is 0 Å². The van der Waals surface area contributed by atoms with Crippen LogP contribution in [-0.2, 0) is 21.8 Å². The minimum Gasteiger partial charge on any atom is -0.616 e. The first-order chi connectivity index (χ1) is 12.9. The van der Waals surface area contributed by atoms with Crippen molar-refractivity contribution in [3.63, 3.8) is 0 Å². The summed E-state index contributed by atoms with van der Waals surface area (Å²) >= 11 is 0. The zero-order chi connectivity index (χ0) is 19.8. The number of hydrogen-bond acceptors (Lipinski definition) is 3. The van der Waals surface area contributed by atoms with E-state index in [0.717, 1.165) is 11.8 Å². The van der Waals surface area contributed by atoms with Crippen LogP contribution in [0.1, 0.15) is 25.3 Å². The SMILES string of the molecule is CC(C)c1ccc[cH-]1.COC([O-])=c1ccc(=C2C=CC(CN(C)C)=C2)cc1.[Fe+2]. The molecule has 3 rings (SSSR count). The molecule has 0 saturated heterocycles. The third-order valence-corrected chi connectivity index (χ3v) is 4.31. The Bertz CT molecular complexity index is 883. The molecule has 0 aliphatic heterocycles. The molecule has 0 heterocycles. The number of allylic oxidation sites excluding steroid dienone is 2. The summed E-state index contributed by atoms with van der Waals surface area (Å²) in [6.45, 7) is 5.34. The van der Waals surface area contributed by atoms with Crippen molar-refractivity contribution in [3.8, 4) is 0 Å². The molecule has 28 heavy (non-hydrogen) atoms. The monoisotopic (exact) mass is 419 g/mol. The van der Waals surface area contributed by atoms with E-state index >= 15 is 0 Å². The van der Waals surface area contributed by atoms with E-state index in [2.05, 4.69) is 80.1 Å². The Balaban J connectivity index is 0.000000367. The molecular weight excluding hydrogens is 390 g/mol. The molecule has 2 aromatic rings. The summed E-state index contributed by atoms with van der Waals surface area (Å²) in [5, 5.41) is 13.0. The van der Waals surface area contributed by atoms with Gasteiger partial charge in [-0.05, 0) is 54.8 Å². The van der Waals surface area contributed by atoms with E-state index in [4.69, 9.17) is 0 Å². The predicted octanol–water partition coefficient (Wildman–Crippen LogP) is 2.49. The third kappa shape index (κ3) is 7.12. The van der Waals surface area contributed by atoms with Gasteiger partial charge in [0, 0.05) is 6.54 Å². The van der Waals surface area contributed by atoms with Crippen molar-refractivity contribution in [3.05, 3.63) is 88.3 Å². The van der Waals surface area contributed by atoms with Crippen LogP contribution in [0.5, 0.6) is 0 Å². The number of ether oxygens (including phenoxy) is 1. The molecule has 0 N–H and O–H groups in total. The molecular formula is C24H29FeNO2. The fraction of sp³-hybridized carbons (Fsp3) is 0.292. The first-order valence-corrected chi connectivity index (χ1v) is 9.21. The number of hydrogen-bond donors (Lipinski definition) is 0. The average molecular weight is 419 g/mol. The fourth-order valence-electron chi connectivity index (χ4n) is 2.83. The molecule has 0 fully saturated rings. The minimum atomic E-state index is -0.303. The van der Waals surface area contributed by atoms with E-state index < -0.39 is 0 Å². The second-order valence-electron chi connectivity index (χ2n) is 7.19. The van der Waals surface area contributed by atoms with E-state index in [1.165, 1.54) is 23.8 Å². The van der Waals surface area contributed by atoms with Gasteiger partial charge in [0.15, 0.2) is 0 Å². The van der Waals surface area contributed by atoms with Gasteiger partial charge in [-0.2, -0.15) is 17.7 Å². The Morgan fingerprint density at radius 1 is 1.11 bits per heavy atom. The molecule has 0 saturated carbocycles. The Hall–Kier alpha value is -2.13. The Kier molecular flexibility index (Phi) is 9.95. The molecule has 0 unspecified atom stereocenters. The van der Waals surface area contributed by atoms with Gasteiger partial charge in [-0.15, -0.1) is 0 Å². The van der Waals surface area contributed by atoms with Gasteiger partial charge in [-0.1, -0.05) is 50.3 Å². The van der Waals surface area contributed by atoms with Crippen LogP contribution in [0.3, 0.4) is 0 Å². The molecule has 0 bridgehead atoms. The number of rotatable bonds is 4. The largest absolute Gasteiger partial charge is 2.00 e. The van der Waals surface area contributed by atoms with Crippen LogP contribution in [-0.4, -0.2) is 32.6 Å². The van der Waals surface area contributed by atoms with Gasteiger partial charge < -0.3 is 14.7 Å². The van der Waals surface area contributed by atoms with Gasteiger partial charge in [0.05, 0.1) is 5.95 Å². The van der Waals surface area contributed by atoms with Gasteiger partial charge in [-0.3, -0.25) is 0 Å². The second-order valence-corrected chi connectivity index (χ2v) is 7.19. The molecule has 4 heteroatoms. The zero-order valence-corrected chi connectivity index (χ0v) is 18.4. The van der Waals surface area contributed by atoms with E-state index in [0.29, 0.717) is 11.1 Å². The van der Waals surface area contributed by atoms with Crippen molar-refractivity contribution in [1.82, 2.24) is 4.90 Å². The Labute approximate surface area is 179 Å². The van der Waals surface area contributed by atoms with E-state index in [1.54, 1.807) is 12.1 Å². The molecule has 0 atom stereocenters. The van der Waals surface area contributed by atoms with Crippen molar-refractivity contribution < 1.29 is 26.9 Å². The van der Waals surface area contributed by atoms with Crippen LogP contribution in [0, 0.1) is 0 Å². The minimum absolute atomic E-state index is 0. The number of nitrogens with zero attached hydrogens (tertiary/aromatic N) is 1. The van der Waals surface area contributed by atoms with Crippen molar-refractivity contribution in [2.75, 3.05) is 27.7 Å². The van der Waals surface area contributed by atoms with Gasteiger partial charge in [0.25, 0.3) is 0 Å². The van der Waals surface area contributed by atoms with Crippen molar-refractivity contribution in [2.45, 2.75) is 19.8 Å². The predicted molar refractivity (Wildman–Crippen MR) is 111 cm³/mol. The summed E-state index contributed by atoms with van der Waals surface area (Å²) in [6.07, 6.45) is 6.41. The van der Waals surface area contributed by atoms with Crippen molar-refractivity contribution in [1.29, 1.82) is 0 Å². The zero-order valence-electron chi connectivity index (χ0n) is 17.3. The summed E-state index contributed by atoms with van der Waals surface area (Å²) < 4.78 is 4.69. The van der Waals surface area contributed by atoms with E-state index in [-0.39, 0.29) is 23.0 Å². The standard InChI is InChI=1S/C16H19NO2.C8H11.Fe/c1-17(2)11-12-4-5-15(10-12)13-6-8-14(9-7-13)16(18)19-3;1-7(2)8-5-3-4-6-8;/h4-10,18H,11H2,1-3H3;3-7H,1-2H3;/q;-1;+2/p-1. The topological polar surface area (TPSA) is 35.5 Å². The third-order valence-electron chi connectivity index (χ3n) is 4.31. The number of likely N-dealkylation sites (N-methyl/N-ethyl adjacent to an activating group) is 1. The number of methoxy groups -OCH3 is 1. The van der Waals surface area contributed by atoms with Crippen molar-refractivity contribution in [2.24, 2.45) is 0 Å². The average Bonchev–Trinajstić information content (AvgIpc) is 3.33. The smallest absolute Gasteiger partial charge is 0.616 e. The summed E-state index contributed by atoms with van der Waals surface area (Å²) in [7, 11) is 5.50. The molecule has 1 aliphatic carbocycles. The summed E-state index contributed by atoms with van der Waals surface area (Å²) in [5.74, 6) is 0.382. The molecule has 0 spiro atoms. The van der Waals surface area contributed by atoms with Gasteiger partial charge in [-0.25, -0.2) is 12.1 Å². The second kappa shape index (κ2) is 11.7. The molecule has 0 radical (unpaired) electrons. The maximum absolute atomic E-state index is 11.4. The Morgan fingerprint density at radius 2 is 1.79 bits per heavy atom. The molecule has 0 aromatic heterocycles. The van der Waals surface area contributed by atoms with Gasteiger partial charge in [0.2, 0.25) is 0 Å². The maximum atomic E-state index is 11.4. The van der Waals surface area contributed by atoms with Crippen molar-refractivity contribution >= 4 is 11.5 Å². The van der Waals surface area contributed by atoms with Gasteiger partial charge >= 0.3 is 17.1 Å². The quantitative estimate of drug-likeness (QED) is 0.565. The normalized spacial score (nSPS) is 12.4. The molecule has 1 aliphatic rings.